The maximum Gasteiger partial charge on any atom is 0.331 e. The number of hydrogen-bond donors (Lipinski definition) is 1. The first-order valence-corrected chi connectivity index (χ1v) is 4.02. The molecule has 14 heavy (non-hydrogen) atoms. The number of rotatable bonds is 1. The summed E-state index contributed by atoms with van der Waals surface area (Å²) in [6.45, 7) is 3.58. The van der Waals surface area contributed by atoms with Gasteiger partial charge in [0.2, 0.25) is 0 Å². The molecule has 5 nitrogen and oxygen atoms in total. The van der Waals surface area contributed by atoms with Crippen LogP contribution in [0.25, 0.3) is 0 Å². The molecular formula is C9H8N2O3. The lowest BCUT2D eigenvalue weighted by atomic mass is 10.4. The van der Waals surface area contributed by atoms with Crippen molar-refractivity contribution in [2.24, 2.45) is 0 Å². The number of aromatic amines is 1. The Hall–Kier alpha value is -2.04. The summed E-state index contributed by atoms with van der Waals surface area (Å²) >= 11 is 0. The quantitative estimate of drug-likeness (QED) is 0.688. The highest BCUT2D eigenvalue weighted by Crippen LogP contribution is 2.19. The van der Waals surface area contributed by atoms with Crippen molar-refractivity contribution in [2.45, 2.75) is 6.23 Å². The van der Waals surface area contributed by atoms with Gasteiger partial charge in [0.25, 0.3) is 5.56 Å². The van der Waals surface area contributed by atoms with Gasteiger partial charge in [-0.15, -0.1) is 0 Å². The van der Waals surface area contributed by atoms with Crippen molar-refractivity contribution in [3.63, 3.8) is 0 Å². The number of aromatic nitrogens is 2. The average Bonchev–Trinajstić information content (AvgIpc) is 2.51. The zero-order valence-electron chi connectivity index (χ0n) is 7.27. The summed E-state index contributed by atoms with van der Waals surface area (Å²) in [5, 5.41) is 0. The molecule has 1 aromatic rings. The van der Waals surface area contributed by atoms with Crippen LogP contribution in [0.3, 0.4) is 0 Å². The molecule has 0 spiro atoms. The van der Waals surface area contributed by atoms with E-state index in [1.807, 2.05) is 0 Å². The molecule has 2 heterocycles. The Balaban J connectivity index is 2.43. The fourth-order valence-corrected chi connectivity index (χ4v) is 1.20. The first-order valence-electron chi connectivity index (χ1n) is 4.02. The fourth-order valence-electron chi connectivity index (χ4n) is 1.20. The van der Waals surface area contributed by atoms with E-state index in [4.69, 9.17) is 4.74 Å². The molecule has 1 N–H and O–H groups in total. The predicted octanol–water partition coefficient (Wildman–Crippen LogP) is 0.135. The molecule has 1 aliphatic rings. The largest absolute Gasteiger partial charge is 0.467 e. The van der Waals surface area contributed by atoms with Crippen molar-refractivity contribution < 1.29 is 4.74 Å². The Morgan fingerprint density at radius 1 is 1.50 bits per heavy atom. The number of allylic oxidation sites excluding steroid dienone is 1. The number of ether oxygens (including phenoxy) is 1. The van der Waals surface area contributed by atoms with E-state index in [-0.39, 0.29) is 0 Å². The van der Waals surface area contributed by atoms with Crippen molar-refractivity contribution in [3.05, 3.63) is 57.6 Å². The lowest BCUT2D eigenvalue weighted by Gasteiger charge is -2.11. The minimum atomic E-state index is -0.508. The van der Waals surface area contributed by atoms with E-state index >= 15 is 0 Å². The van der Waals surface area contributed by atoms with E-state index in [9.17, 15) is 9.59 Å². The maximum absolute atomic E-state index is 11.3. The number of nitrogens with one attached hydrogen (secondary N) is 1. The van der Waals surface area contributed by atoms with Gasteiger partial charge in [-0.05, 0) is 12.2 Å². The zero-order valence-corrected chi connectivity index (χ0v) is 7.27. The van der Waals surface area contributed by atoms with Crippen molar-refractivity contribution >= 4 is 0 Å². The smallest absolute Gasteiger partial charge is 0.331 e. The summed E-state index contributed by atoms with van der Waals surface area (Å²) < 4.78 is 6.48. The van der Waals surface area contributed by atoms with Crippen LogP contribution in [-0.2, 0) is 4.74 Å². The summed E-state index contributed by atoms with van der Waals surface area (Å²) in [6.07, 6.45) is 4.23. The van der Waals surface area contributed by atoms with Crippen LogP contribution in [0, 0.1) is 0 Å². The van der Waals surface area contributed by atoms with E-state index in [0.717, 1.165) is 0 Å². The molecule has 0 aliphatic carbocycles. The molecule has 0 radical (unpaired) electrons. The van der Waals surface area contributed by atoms with Crippen LogP contribution in [0.5, 0.6) is 0 Å². The molecule has 0 bridgehead atoms. The van der Waals surface area contributed by atoms with E-state index in [0.29, 0.717) is 5.76 Å². The highest BCUT2D eigenvalue weighted by atomic mass is 16.5. The second-order valence-electron chi connectivity index (χ2n) is 2.85. The van der Waals surface area contributed by atoms with E-state index in [2.05, 4.69) is 11.6 Å². The van der Waals surface area contributed by atoms with E-state index < -0.39 is 17.5 Å². The Morgan fingerprint density at radius 3 is 2.86 bits per heavy atom. The Bertz CT molecular complexity index is 509. The third-order valence-electron chi connectivity index (χ3n) is 1.84. The summed E-state index contributed by atoms with van der Waals surface area (Å²) in [6, 6.07) is 1.26. The number of H-pyrrole nitrogens is 1. The summed E-state index contributed by atoms with van der Waals surface area (Å²) in [7, 11) is 0. The highest BCUT2D eigenvalue weighted by Gasteiger charge is 2.15. The third kappa shape index (κ3) is 1.39. The van der Waals surface area contributed by atoms with Gasteiger partial charge in [-0.2, -0.15) is 0 Å². The molecular weight excluding hydrogens is 184 g/mol. The van der Waals surface area contributed by atoms with Gasteiger partial charge in [0, 0.05) is 12.3 Å². The first-order chi connectivity index (χ1) is 6.66. The summed E-state index contributed by atoms with van der Waals surface area (Å²) in [4.78, 5) is 24.2. The molecule has 0 fully saturated rings. The van der Waals surface area contributed by atoms with Crippen molar-refractivity contribution in [1.82, 2.24) is 9.55 Å². The first kappa shape index (κ1) is 8.55. The van der Waals surface area contributed by atoms with Gasteiger partial charge in [-0.1, -0.05) is 6.58 Å². The number of nitrogens with zero attached hydrogens (tertiary/aromatic N) is 1. The van der Waals surface area contributed by atoms with Gasteiger partial charge in [0.1, 0.15) is 5.76 Å². The predicted molar refractivity (Wildman–Crippen MR) is 49.7 cm³/mol. The van der Waals surface area contributed by atoms with Crippen LogP contribution in [0.4, 0.5) is 0 Å². The molecule has 1 unspecified atom stereocenters. The molecule has 1 aliphatic heterocycles. The molecule has 1 aromatic heterocycles. The van der Waals surface area contributed by atoms with Crippen molar-refractivity contribution in [2.75, 3.05) is 0 Å². The Morgan fingerprint density at radius 2 is 2.29 bits per heavy atom. The monoisotopic (exact) mass is 192 g/mol. The Labute approximate surface area is 79.0 Å². The SMILES string of the molecule is C=C1C=CC(n2ccc(=O)[nH]c2=O)O1. The summed E-state index contributed by atoms with van der Waals surface area (Å²) in [5.74, 6) is 0.494. The van der Waals surface area contributed by atoms with Crippen LogP contribution < -0.4 is 11.2 Å². The van der Waals surface area contributed by atoms with Crippen LogP contribution >= 0.6 is 0 Å². The maximum atomic E-state index is 11.3. The molecule has 2 rings (SSSR count). The van der Waals surface area contributed by atoms with Crippen molar-refractivity contribution in [1.29, 1.82) is 0 Å². The van der Waals surface area contributed by atoms with Crippen LogP contribution in [0.2, 0.25) is 0 Å². The molecule has 1 atom stereocenters. The lowest BCUT2D eigenvalue weighted by Crippen LogP contribution is -2.30. The van der Waals surface area contributed by atoms with Gasteiger partial charge < -0.3 is 4.74 Å². The average molecular weight is 192 g/mol. The van der Waals surface area contributed by atoms with Crippen LogP contribution in [-0.4, -0.2) is 9.55 Å². The Kier molecular flexibility index (Phi) is 1.85. The second kappa shape index (κ2) is 3.02. The normalized spacial score (nSPS) is 19.7. The number of hydrogen-bond acceptors (Lipinski definition) is 3. The topological polar surface area (TPSA) is 64.1 Å². The molecule has 0 aromatic carbocycles. The third-order valence-corrected chi connectivity index (χ3v) is 1.84. The van der Waals surface area contributed by atoms with Gasteiger partial charge in [-0.3, -0.25) is 14.3 Å². The summed E-state index contributed by atoms with van der Waals surface area (Å²) in [5.41, 5.74) is -0.922. The second-order valence-corrected chi connectivity index (χ2v) is 2.85. The van der Waals surface area contributed by atoms with E-state index in [1.165, 1.54) is 16.8 Å². The van der Waals surface area contributed by atoms with Crippen molar-refractivity contribution in [3.8, 4) is 0 Å². The van der Waals surface area contributed by atoms with Gasteiger partial charge in [0.15, 0.2) is 6.23 Å². The minimum absolute atomic E-state index is 0.424. The molecule has 0 saturated heterocycles. The standard InChI is InChI=1S/C9H8N2O3/c1-6-2-3-8(14-6)11-5-4-7(12)10-9(11)13/h2-5,8H,1H2,(H,10,12,13). The molecule has 72 valence electrons. The van der Waals surface area contributed by atoms with Crippen LogP contribution in [0.15, 0.2) is 46.3 Å². The van der Waals surface area contributed by atoms with Crippen LogP contribution in [0.1, 0.15) is 6.23 Å². The lowest BCUT2D eigenvalue weighted by molar-refractivity contribution is 0.119. The fraction of sp³-hybridized carbons (Fsp3) is 0.111. The van der Waals surface area contributed by atoms with Gasteiger partial charge >= 0.3 is 5.69 Å². The minimum Gasteiger partial charge on any atom is -0.467 e. The molecule has 5 heteroatoms. The zero-order chi connectivity index (χ0) is 10.1. The van der Waals surface area contributed by atoms with E-state index in [1.54, 1.807) is 12.2 Å². The molecule has 0 amide bonds. The molecule has 0 saturated carbocycles. The van der Waals surface area contributed by atoms with Gasteiger partial charge in [-0.25, -0.2) is 4.79 Å². The van der Waals surface area contributed by atoms with Gasteiger partial charge in [0.05, 0.1) is 0 Å². The highest BCUT2D eigenvalue weighted by molar-refractivity contribution is 5.15.